The van der Waals surface area contributed by atoms with Gasteiger partial charge in [-0.25, -0.2) is 4.98 Å². The van der Waals surface area contributed by atoms with Crippen LogP contribution in [0.4, 0.5) is 5.82 Å². The van der Waals surface area contributed by atoms with Gasteiger partial charge in [-0.05, 0) is 32.1 Å². The second-order valence-electron chi connectivity index (χ2n) is 7.68. The molecule has 0 saturated carbocycles. The van der Waals surface area contributed by atoms with Crippen LogP contribution in [0.1, 0.15) is 16.8 Å². The number of aromatic nitrogens is 1. The maximum atomic E-state index is 12.7. The van der Waals surface area contributed by atoms with E-state index in [-0.39, 0.29) is 12.5 Å². The number of nitrogens with zero attached hydrogens (tertiary/aromatic N) is 5. The van der Waals surface area contributed by atoms with Gasteiger partial charge in [-0.2, -0.15) is 0 Å². The predicted octanol–water partition coefficient (Wildman–Crippen LogP) is -0.437. The third-order valence-corrected chi connectivity index (χ3v) is 5.65. The van der Waals surface area contributed by atoms with Crippen LogP contribution in [0.25, 0.3) is 0 Å². The van der Waals surface area contributed by atoms with Crippen molar-refractivity contribution in [3.05, 3.63) is 23.9 Å². The topological polar surface area (TPSA) is 75.2 Å². The zero-order chi connectivity index (χ0) is 19.8. The van der Waals surface area contributed by atoms with Crippen LogP contribution in [0.2, 0.25) is 0 Å². The van der Waals surface area contributed by atoms with Crippen LogP contribution in [0, 0.1) is 0 Å². The number of aliphatic hydroxyl groups excluding tert-OH is 1. The fourth-order valence-electron chi connectivity index (χ4n) is 3.82. The molecule has 2 aliphatic heterocycles. The Hall–Kier alpha value is -1.74. The Bertz CT molecular complexity index is 612. The van der Waals surface area contributed by atoms with Crippen molar-refractivity contribution in [2.24, 2.45) is 0 Å². The average molecular weight is 391 g/mol. The van der Waals surface area contributed by atoms with Gasteiger partial charge in [0, 0.05) is 71.6 Å². The summed E-state index contributed by atoms with van der Waals surface area (Å²) in [5.41, 5.74) is 0.651. The minimum atomic E-state index is -0.0423. The van der Waals surface area contributed by atoms with Crippen LogP contribution in [0.15, 0.2) is 18.3 Å². The molecule has 3 heterocycles. The third-order valence-electron chi connectivity index (χ3n) is 5.65. The number of pyridine rings is 1. The van der Waals surface area contributed by atoms with Crippen LogP contribution >= 0.6 is 0 Å². The highest BCUT2D eigenvalue weighted by atomic mass is 16.3. The summed E-state index contributed by atoms with van der Waals surface area (Å²) in [5, 5.41) is 12.2. The summed E-state index contributed by atoms with van der Waals surface area (Å²) in [6, 6.07) is 3.68. The standard InChI is InChI=1S/C20H34N6O2/c1-23-8-10-24(11-9-23)7-3-6-22-20(28)18-4-2-5-21-19(18)26-14-12-25(13-15-26)16-17-27/h2,4-5,27H,3,6-17H2,1H3,(H,22,28). The zero-order valence-electron chi connectivity index (χ0n) is 17.0. The molecule has 2 fully saturated rings. The van der Waals surface area contributed by atoms with Crippen LogP contribution in [0.3, 0.4) is 0 Å². The van der Waals surface area contributed by atoms with E-state index < -0.39 is 0 Å². The summed E-state index contributed by atoms with van der Waals surface area (Å²) in [4.78, 5) is 26.4. The van der Waals surface area contributed by atoms with E-state index in [1.165, 1.54) is 0 Å². The molecule has 2 N–H and O–H groups in total. The van der Waals surface area contributed by atoms with E-state index >= 15 is 0 Å². The molecule has 8 nitrogen and oxygen atoms in total. The highest BCUT2D eigenvalue weighted by molar-refractivity contribution is 5.98. The number of piperazine rings is 2. The van der Waals surface area contributed by atoms with Crippen LogP contribution in [-0.2, 0) is 0 Å². The SMILES string of the molecule is CN1CCN(CCCNC(=O)c2cccnc2N2CCN(CCO)CC2)CC1. The Morgan fingerprint density at radius 3 is 2.46 bits per heavy atom. The normalized spacial score (nSPS) is 19.7. The molecule has 1 aromatic rings. The Labute approximate surface area is 168 Å². The lowest BCUT2D eigenvalue weighted by Crippen LogP contribution is -2.48. The number of carbonyl (C=O) groups excluding carboxylic acids is 1. The quantitative estimate of drug-likeness (QED) is 0.583. The summed E-state index contributed by atoms with van der Waals surface area (Å²) in [6.45, 7) is 10.5. The molecule has 1 amide bonds. The number of aliphatic hydroxyl groups is 1. The molecule has 156 valence electrons. The molecule has 3 rings (SSSR count). The van der Waals surface area contributed by atoms with E-state index in [4.69, 9.17) is 5.11 Å². The molecule has 0 spiro atoms. The summed E-state index contributed by atoms with van der Waals surface area (Å²) < 4.78 is 0. The fraction of sp³-hybridized carbons (Fsp3) is 0.700. The second-order valence-corrected chi connectivity index (χ2v) is 7.68. The molecule has 28 heavy (non-hydrogen) atoms. The summed E-state index contributed by atoms with van der Waals surface area (Å²) in [7, 11) is 2.16. The minimum Gasteiger partial charge on any atom is -0.395 e. The lowest BCUT2D eigenvalue weighted by Gasteiger charge is -2.35. The molecule has 2 aliphatic rings. The largest absolute Gasteiger partial charge is 0.395 e. The first-order chi connectivity index (χ1) is 13.7. The van der Waals surface area contributed by atoms with E-state index in [1.54, 1.807) is 6.20 Å². The van der Waals surface area contributed by atoms with Crippen molar-refractivity contribution in [1.29, 1.82) is 0 Å². The molecule has 0 bridgehead atoms. The number of carbonyl (C=O) groups is 1. The molecule has 0 atom stereocenters. The van der Waals surface area contributed by atoms with Gasteiger partial charge >= 0.3 is 0 Å². The Balaban J connectivity index is 1.46. The van der Waals surface area contributed by atoms with Crippen LogP contribution < -0.4 is 10.2 Å². The first-order valence-corrected chi connectivity index (χ1v) is 10.4. The number of hydrogen-bond donors (Lipinski definition) is 2. The van der Waals surface area contributed by atoms with E-state index in [1.807, 2.05) is 12.1 Å². The highest BCUT2D eigenvalue weighted by Crippen LogP contribution is 2.19. The van der Waals surface area contributed by atoms with Crippen LogP contribution in [0.5, 0.6) is 0 Å². The predicted molar refractivity (Wildman–Crippen MR) is 111 cm³/mol. The Morgan fingerprint density at radius 1 is 1.07 bits per heavy atom. The van der Waals surface area contributed by atoms with Crippen LogP contribution in [-0.4, -0.2) is 116 Å². The number of amides is 1. The van der Waals surface area contributed by atoms with E-state index in [2.05, 4.69) is 36.9 Å². The molecule has 1 aromatic heterocycles. The molecule has 2 saturated heterocycles. The monoisotopic (exact) mass is 390 g/mol. The summed E-state index contributed by atoms with van der Waals surface area (Å²) in [6.07, 6.45) is 2.71. The molecule has 0 unspecified atom stereocenters. The van der Waals surface area contributed by atoms with Crippen molar-refractivity contribution < 1.29 is 9.90 Å². The first-order valence-electron chi connectivity index (χ1n) is 10.4. The first kappa shape index (κ1) is 21.0. The van der Waals surface area contributed by atoms with Gasteiger partial charge in [0.15, 0.2) is 0 Å². The minimum absolute atomic E-state index is 0.0423. The van der Waals surface area contributed by atoms with Crippen molar-refractivity contribution in [2.45, 2.75) is 6.42 Å². The van der Waals surface area contributed by atoms with Gasteiger partial charge in [0.2, 0.25) is 0 Å². The molecular weight excluding hydrogens is 356 g/mol. The van der Waals surface area contributed by atoms with Gasteiger partial charge in [-0.3, -0.25) is 9.69 Å². The maximum Gasteiger partial charge on any atom is 0.255 e. The molecule has 0 radical (unpaired) electrons. The zero-order valence-corrected chi connectivity index (χ0v) is 17.0. The Morgan fingerprint density at radius 2 is 1.75 bits per heavy atom. The number of anilines is 1. The third kappa shape index (κ3) is 5.88. The lowest BCUT2D eigenvalue weighted by atomic mass is 10.2. The summed E-state index contributed by atoms with van der Waals surface area (Å²) in [5.74, 6) is 0.724. The average Bonchev–Trinajstić information content (AvgIpc) is 2.73. The van der Waals surface area contributed by atoms with Gasteiger partial charge in [0.25, 0.3) is 5.91 Å². The number of hydrogen-bond acceptors (Lipinski definition) is 7. The lowest BCUT2D eigenvalue weighted by molar-refractivity contribution is 0.0949. The molecular formula is C20H34N6O2. The molecule has 0 aliphatic carbocycles. The Kier molecular flexibility index (Phi) is 8.02. The van der Waals surface area contributed by atoms with Gasteiger partial charge in [-0.1, -0.05) is 0 Å². The number of nitrogens with one attached hydrogen (secondary N) is 1. The fourth-order valence-corrected chi connectivity index (χ4v) is 3.82. The van der Waals surface area contributed by atoms with Crippen molar-refractivity contribution in [2.75, 3.05) is 90.5 Å². The number of likely N-dealkylation sites (N-methyl/N-ethyl adjacent to an activating group) is 1. The smallest absolute Gasteiger partial charge is 0.255 e. The number of rotatable bonds is 8. The van der Waals surface area contributed by atoms with Gasteiger partial charge in [0.05, 0.1) is 12.2 Å². The summed E-state index contributed by atoms with van der Waals surface area (Å²) >= 11 is 0. The maximum absolute atomic E-state index is 12.7. The number of β-amino-alcohol motifs (C(OH)–C–C–N with tert-alkyl or cyclic N) is 1. The highest BCUT2D eigenvalue weighted by Gasteiger charge is 2.22. The van der Waals surface area contributed by atoms with Crippen molar-refractivity contribution in [3.8, 4) is 0 Å². The van der Waals surface area contributed by atoms with E-state index in [0.717, 1.165) is 71.1 Å². The van der Waals surface area contributed by atoms with E-state index in [0.29, 0.717) is 18.7 Å². The van der Waals surface area contributed by atoms with Crippen molar-refractivity contribution >= 4 is 11.7 Å². The molecule has 0 aromatic carbocycles. The molecule has 8 heteroatoms. The van der Waals surface area contributed by atoms with Gasteiger partial charge < -0.3 is 25.1 Å². The van der Waals surface area contributed by atoms with E-state index in [9.17, 15) is 4.79 Å². The van der Waals surface area contributed by atoms with Crippen molar-refractivity contribution in [3.63, 3.8) is 0 Å². The van der Waals surface area contributed by atoms with Gasteiger partial charge in [0.1, 0.15) is 5.82 Å². The van der Waals surface area contributed by atoms with Crippen molar-refractivity contribution in [1.82, 2.24) is 25.0 Å². The second kappa shape index (κ2) is 10.7. The van der Waals surface area contributed by atoms with Gasteiger partial charge in [-0.15, -0.1) is 0 Å².